The Hall–Kier alpha value is -4.50. The van der Waals surface area contributed by atoms with Crippen molar-refractivity contribution in [3.8, 4) is 28.4 Å². The number of H-pyrrole nitrogens is 1. The van der Waals surface area contributed by atoms with E-state index in [-0.39, 0.29) is 0 Å². The summed E-state index contributed by atoms with van der Waals surface area (Å²) in [5.41, 5.74) is 5.85. The van der Waals surface area contributed by atoms with Crippen LogP contribution in [0.15, 0.2) is 91.1 Å². The molecule has 8 nitrogen and oxygen atoms in total. The number of hydrogen-bond donors (Lipinski definition) is 1. The van der Waals surface area contributed by atoms with Crippen LogP contribution in [0.1, 0.15) is 15.9 Å². The van der Waals surface area contributed by atoms with Crippen molar-refractivity contribution in [3.63, 3.8) is 0 Å². The van der Waals surface area contributed by atoms with Crippen molar-refractivity contribution in [3.05, 3.63) is 107 Å². The fourth-order valence-electron chi connectivity index (χ4n) is 5.78. The van der Waals surface area contributed by atoms with Crippen molar-refractivity contribution in [2.45, 2.75) is 6.54 Å². The Morgan fingerprint density at radius 3 is 2.48 bits per heavy atom. The first kappa shape index (κ1) is 31.5. The minimum absolute atomic E-state index is 0.389. The van der Waals surface area contributed by atoms with Crippen molar-refractivity contribution < 1.29 is 19.0 Å². The van der Waals surface area contributed by atoms with Gasteiger partial charge in [-0.2, -0.15) is 0 Å². The molecular weight excluding hydrogens is 600 g/mol. The van der Waals surface area contributed by atoms with Crippen LogP contribution in [0.2, 0.25) is 5.02 Å². The number of nitrogens with zero attached hydrogens (tertiary/aromatic N) is 3. The lowest BCUT2D eigenvalue weighted by Crippen LogP contribution is -2.46. The number of aromatic nitrogens is 1. The Labute approximate surface area is 275 Å². The first-order chi connectivity index (χ1) is 22.4. The third kappa shape index (κ3) is 7.31. The van der Waals surface area contributed by atoms with E-state index in [1.807, 2.05) is 68.8 Å². The average molecular weight is 639 g/mol. The van der Waals surface area contributed by atoms with Gasteiger partial charge in [0.15, 0.2) is 0 Å². The number of carbonyl (C=O) groups is 1. The highest BCUT2D eigenvalue weighted by atomic mass is 35.5. The van der Waals surface area contributed by atoms with Gasteiger partial charge in [-0.25, -0.2) is 4.79 Å². The minimum atomic E-state index is -0.433. The zero-order valence-electron chi connectivity index (χ0n) is 26.5. The number of anilines is 1. The molecule has 0 amide bonds. The number of nitrogens with one attached hydrogen (secondary N) is 1. The largest absolute Gasteiger partial charge is 0.492 e. The molecule has 9 heteroatoms. The number of fused-ring (bicyclic) bond motifs is 1. The van der Waals surface area contributed by atoms with Gasteiger partial charge in [0.1, 0.15) is 29.4 Å². The molecule has 0 aliphatic carbocycles. The molecule has 5 aromatic rings. The molecule has 1 saturated heterocycles. The molecule has 1 aliphatic rings. The number of benzene rings is 4. The van der Waals surface area contributed by atoms with E-state index in [1.165, 1.54) is 12.7 Å². The van der Waals surface area contributed by atoms with E-state index in [0.29, 0.717) is 23.7 Å². The van der Waals surface area contributed by atoms with Crippen LogP contribution in [0.3, 0.4) is 0 Å². The zero-order valence-corrected chi connectivity index (χ0v) is 27.2. The summed E-state index contributed by atoms with van der Waals surface area (Å²) in [4.78, 5) is 22.7. The molecule has 0 spiro atoms. The number of hydrogen-bond acceptors (Lipinski definition) is 7. The third-order valence-corrected chi connectivity index (χ3v) is 8.58. The molecule has 0 radical (unpaired) electrons. The van der Waals surface area contributed by atoms with Gasteiger partial charge in [-0.3, -0.25) is 4.90 Å². The van der Waals surface area contributed by atoms with Gasteiger partial charge in [0, 0.05) is 78.7 Å². The van der Waals surface area contributed by atoms with E-state index in [0.717, 1.165) is 77.8 Å². The average Bonchev–Trinajstić information content (AvgIpc) is 3.54. The maximum atomic E-state index is 12.6. The van der Waals surface area contributed by atoms with Gasteiger partial charge in [0.05, 0.1) is 7.11 Å². The molecule has 0 saturated carbocycles. The molecule has 238 valence electrons. The Morgan fingerprint density at radius 2 is 1.72 bits per heavy atom. The fourth-order valence-corrected chi connectivity index (χ4v) is 5.91. The van der Waals surface area contributed by atoms with Gasteiger partial charge < -0.3 is 29.0 Å². The molecule has 1 aliphatic heterocycles. The molecule has 2 heterocycles. The molecule has 46 heavy (non-hydrogen) atoms. The molecule has 4 aromatic carbocycles. The van der Waals surface area contributed by atoms with Gasteiger partial charge in [-0.1, -0.05) is 35.9 Å². The van der Waals surface area contributed by atoms with E-state index >= 15 is 0 Å². The van der Waals surface area contributed by atoms with Crippen LogP contribution in [0, 0.1) is 0 Å². The lowest BCUT2D eigenvalue weighted by molar-refractivity contribution is 0.0598. The fraction of sp³-hybridized carbons (Fsp3) is 0.270. The second-order valence-electron chi connectivity index (χ2n) is 11.7. The standard InChI is InChI=1S/C37H39ClN4O4/c1-40(2)21-22-45-35-6-4-5-31(26-7-9-28(38)10-8-26)33(35)25-41-17-19-42(20-18-41)29-11-13-32(37(43)44-3)36(24-29)46-30-12-14-34-27(23-30)15-16-39-34/h4-16,23-24,39H,17-22,25H2,1-3H3. The number of ether oxygens (including phenoxy) is 3. The summed E-state index contributed by atoms with van der Waals surface area (Å²) in [6, 6.07) is 27.8. The number of likely N-dealkylation sites (N-methyl/N-ethyl adjacent to an activating group) is 1. The van der Waals surface area contributed by atoms with Crippen LogP contribution in [-0.2, 0) is 11.3 Å². The summed E-state index contributed by atoms with van der Waals surface area (Å²) in [5, 5.41) is 1.75. The second kappa shape index (κ2) is 14.3. The summed E-state index contributed by atoms with van der Waals surface area (Å²) in [6.07, 6.45) is 1.89. The van der Waals surface area contributed by atoms with Gasteiger partial charge in [0.25, 0.3) is 0 Å². The van der Waals surface area contributed by atoms with Crippen LogP contribution in [-0.4, -0.2) is 81.3 Å². The SMILES string of the molecule is COC(=O)c1ccc(N2CCN(Cc3c(OCCN(C)C)cccc3-c3ccc(Cl)cc3)CC2)cc1Oc1ccc2[nH]ccc2c1. The predicted octanol–water partition coefficient (Wildman–Crippen LogP) is 7.33. The smallest absolute Gasteiger partial charge is 0.341 e. The zero-order chi connectivity index (χ0) is 32.0. The van der Waals surface area contributed by atoms with Crippen molar-refractivity contribution in [2.24, 2.45) is 0 Å². The van der Waals surface area contributed by atoms with Crippen LogP contribution in [0.4, 0.5) is 5.69 Å². The number of esters is 1. The van der Waals surface area contributed by atoms with Crippen molar-refractivity contribution in [2.75, 3.05) is 65.4 Å². The van der Waals surface area contributed by atoms with E-state index in [4.69, 9.17) is 25.8 Å². The molecule has 1 N–H and O–H groups in total. The van der Waals surface area contributed by atoms with Crippen molar-refractivity contribution >= 4 is 34.2 Å². The number of piperazine rings is 1. The number of carbonyl (C=O) groups excluding carboxylic acids is 1. The first-order valence-corrected chi connectivity index (χ1v) is 15.9. The van der Waals surface area contributed by atoms with E-state index in [1.54, 1.807) is 6.07 Å². The molecule has 0 atom stereocenters. The summed E-state index contributed by atoms with van der Waals surface area (Å²) in [5.74, 6) is 1.60. The van der Waals surface area contributed by atoms with E-state index in [2.05, 4.69) is 50.0 Å². The molecule has 0 bridgehead atoms. The highest BCUT2D eigenvalue weighted by Crippen LogP contribution is 2.35. The maximum Gasteiger partial charge on any atom is 0.341 e. The van der Waals surface area contributed by atoms with Gasteiger partial charge >= 0.3 is 5.97 Å². The van der Waals surface area contributed by atoms with Crippen molar-refractivity contribution in [1.82, 2.24) is 14.8 Å². The van der Waals surface area contributed by atoms with Crippen LogP contribution >= 0.6 is 11.6 Å². The van der Waals surface area contributed by atoms with E-state index < -0.39 is 5.97 Å². The topological polar surface area (TPSA) is 70.3 Å². The lowest BCUT2D eigenvalue weighted by Gasteiger charge is -2.37. The maximum absolute atomic E-state index is 12.6. The highest BCUT2D eigenvalue weighted by molar-refractivity contribution is 6.30. The number of aromatic amines is 1. The second-order valence-corrected chi connectivity index (χ2v) is 12.1. The Kier molecular flexibility index (Phi) is 9.78. The summed E-state index contributed by atoms with van der Waals surface area (Å²) < 4.78 is 17.7. The van der Waals surface area contributed by atoms with E-state index in [9.17, 15) is 4.79 Å². The highest BCUT2D eigenvalue weighted by Gasteiger charge is 2.23. The van der Waals surface area contributed by atoms with Gasteiger partial charge in [-0.15, -0.1) is 0 Å². The number of methoxy groups -OCH3 is 1. The summed E-state index contributed by atoms with van der Waals surface area (Å²) >= 11 is 6.21. The minimum Gasteiger partial charge on any atom is -0.492 e. The molecule has 1 fully saturated rings. The first-order valence-electron chi connectivity index (χ1n) is 15.5. The van der Waals surface area contributed by atoms with Crippen LogP contribution in [0.5, 0.6) is 17.2 Å². The lowest BCUT2D eigenvalue weighted by atomic mass is 9.98. The summed E-state index contributed by atoms with van der Waals surface area (Å²) in [6.45, 7) is 5.60. The monoisotopic (exact) mass is 638 g/mol. The Bertz CT molecular complexity index is 1800. The third-order valence-electron chi connectivity index (χ3n) is 8.33. The molecule has 1 aromatic heterocycles. The normalized spacial score (nSPS) is 13.7. The Morgan fingerprint density at radius 1 is 0.913 bits per heavy atom. The molecule has 6 rings (SSSR count). The van der Waals surface area contributed by atoms with Crippen molar-refractivity contribution in [1.29, 1.82) is 0 Å². The quantitative estimate of drug-likeness (QED) is 0.152. The van der Waals surface area contributed by atoms with Gasteiger partial charge in [0.2, 0.25) is 0 Å². The van der Waals surface area contributed by atoms with Crippen LogP contribution < -0.4 is 14.4 Å². The number of halogens is 1. The molecular formula is C37H39ClN4O4. The van der Waals surface area contributed by atoms with Crippen LogP contribution in [0.25, 0.3) is 22.0 Å². The molecule has 0 unspecified atom stereocenters. The number of rotatable bonds is 11. The summed E-state index contributed by atoms with van der Waals surface area (Å²) in [7, 11) is 5.48. The predicted molar refractivity (Wildman–Crippen MR) is 185 cm³/mol. The Balaban J connectivity index is 1.19. The van der Waals surface area contributed by atoms with Gasteiger partial charge in [-0.05, 0) is 79.8 Å².